The van der Waals surface area contributed by atoms with E-state index in [1.54, 1.807) is 0 Å². The molecule has 2 rings (SSSR count). The average molecular weight is 307 g/mol. The van der Waals surface area contributed by atoms with Gasteiger partial charge < -0.3 is 14.8 Å². The number of carbonyl (C=O) groups excluding carboxylic acids is 1. The van der Waals surface area contributed by atoms with Crippen molar-refractivity contribution in [3.05, 3.63) is 24.3 Å². The van der Waals surface area contributed by atoms with Gasteiger partial charge in [-0.05, 0) is 32.6 Å². The molecule has 2 aliphatic rings. The summed E-state index contributed by atoms with van der Waals surface area (Å²) >= 11 is 0. The zero-order chi connectivity index (χ0) is 16.5. The summed E-state index contributed by atoms with van der Waals surface area (Å²) in [5.41, 5.74) is 1.20. The second-order valence-corrected chi connectivity index (χ2v) is 7.13. The van der Waals surface area contributed by atoms with Crippen LogP contribution in [0.2, 0.25) is 0 Å². The van der Waals surface area contributed by atoms with E-state index >= 15 is 0 Å². The molecule has 1 amide bonds. The fourth-order valence-electron chi connectivity index (χ4n) is 4.00. The van der Waals surface area contributed by atoms with Crippen LogP contribution >= 0.6 is 0 Å². The van der Waals surface area contributed by atoms with E-state index in [0.717, 1.165) is 0 Å². The largest absolute Gasteiger partial charge is 0.449 e. The second kappa shape index (κ2) is 6.45. The van der Waals surface area contributed by atoms with Gasteiger partial charge in [-0.2, -0.15) is 0 Å². The number of fused-ring (bicyclic) bond motifs is 2. The van der Waals surface area contributed by atoms with Crippen LogP contribution in [-0.2, 0) is 9.47 Å². The third-order valence-corrected chi connectivity index (χ3v) is 5.40. The fraction of sp³-hybridized carbons (Fsp3) is 0.722. The molecule has 0 aromatic rings. The minimum atomic E-state index is -0.350. The number of nitrogens with one attached hydrogen (secondary N) is 1. The molecule has 1 aliphatic carbocycles. The first-order chi connectivity index (χ1) is 10.3. The summed E-state index contributed by atoms with van der Waals surface area (Å²) in [6, 6.07) is 0.0776. The highest BCUT2D eigenvalue weighted by Gasteiger charge is 2.53. The van der Waals surface area contributed by atoms with E-state index in [1.807, 2.05) is 19.9 Å². The Balaban J connectivity index is 2.18. The molecule has 124 valence electrons. The molecule has 1 N–H and O–H groups in total. The highest BCUT2D eigenvalue weighted by molar-refractivity contribution is 5.67. The third kappa shape index (κ3) is 2.94. The maximum Gasteiger partial charge on any atom is 0.407 e. The minimum absolute atomic E-state index is 0.0522. The van der Waals surface area contributed by atoms with Crippen molar-refractivity contribution < 1.29 is 14.3 Å². The summed E-state index contributed by atoms with van der Waals surface area (Å²) in [4.78, 5) is 11.8. The normalized spacial score (nSPS) is 37.5. The summed E-state index contributed by atoms with van der Waals surface area (Å²) in [7, 11) is 0. The standard InChI is InChI=1S/C18H29NO3/c1-7-15-16-12(4)8-13(5)18(9-21-15,14(16)6)10-22-17(20)19-11(2)3/h7-8,11,13-16H,1,9-10H2,2-6H3,(H,19,20)/t13-,14-,15+,16+,18-/m1/s1. The Bertz CT molecular complexity index is 471. The molecule has 1 fully saturated rings. The van der Waals surface area contributed by atoms with Crippen LogP contribution < -0.4 is 5.32 Å². The lowest BCUT2D eigenvalue weighted by Crippen LogP contribution is -2.56. The summed E-state index contributed by atoms with van der Waals surface area (Å²) in [6.45, 7) is 15.3. The number of hydrogen-bond acceptors (Lipinski definition) is 3. The summed E-state index contributed by atoms with van der Waals surface area (Å²) < 4.78 is 11.6. The number of hydrogen-bond donors (Lipinski definition) is 1. The number of alkyl carbamates (subject to hydrolysis) is 1. The summed E-state index contributed by atoms with van der Waals surface area (Å²) in [5, 5.41) is 2.78. The Morgan fingerprint density at radius 2 is 2.27 bits per heavy atom. The lowest BCUT2D eigenvalue weighted by molar-refractivity contribution is -0.149. The number of carbonyl (C=O) groups is 1. The lowest BCUT2D eigenvalue weighted by Gasteiger charge is -2.54. The molecule has 22 heavy (non-hydrogen) atoms. The Morgan fingerprint density at radius 3 is 2.86 bits per heavy atom. The van der Waals surface area contributed by atoms with Crippen LogP contribution in [0, 0.1) is 23.2 Å². The van der Waals surface area contributed by atoms with Gasteiger partial charge in [0.1, 0.15) is 6.61 Å². The van der Waals surface area contributed by atoms with Gasteiger partial charge in [-0.25, -0.2) is 4.79 Å². The van der Waals surface area contributed by atoms with Gasteiger partial charge >= 0.3 is 6.09 Å². The molecular formula is C18H29NO3. The highest BCUT2D eigenvalue weighted by Crippen LogP contribution is 2.52. The molecule has 0 saturated carbocycles. The van der Waals surface area contributed by atoms with Crippen LogP contribution in [0.5, 0.6) is 0 Å². The van der Waals surface area contributed by atoms with Crippen molar-refractivity contribution in [3.8, 4) is 0 Å². The number of rotatable bonds is 4. The monoisotopic (exact) mass is 307 g/mol. The summed E-state index contributed by atoms with van der Waals surface area (Å²) in [5.74, 6) is 1.02. The van der Waals surface area contributed by atoms with Gasteiger partial charge in [-0.15, -0.1) is 6.58 Å². The molecule has 2 bridgehead atoms. The van der Waals surface area contributed by atoms with Crippen molar-refractivity contribution in [1.82, 2.24) is 5.32 Å². The maximum absolute atomic E-state index is 11.8. The smallest absolute Gasteiger partial charge is 0.407 e. The van der Waals surface area contributed by atoms with Gasteiger partial charge in [0, 0.05) is 17.4 Å². The van der Waals surface area contributed by atoms with E-state index in [1.165, 1.54) is 5.57 Å². The van der Waals surface area contributed by atoms with E-state index < -0.39 is 0 Å². The molecule has 0 unspecified atom stereocenters. The predicted octanol–water partition coefficient (Wildman–Crippen LogP) is 3.54. The maximum atomic E-state index is 11.8. The van der Waals surface area contributed by atoms with Crippen LogP contribution in [0.1, 0.15) is 34.6 Å². The van der Waals surface area contributed by atoms with Crippen LogP contribution in [0.25, 0.3) is 0 Å². The Kier molecular flexibility index (Phi) is 5.00. The van der Waals surface area contributed by atoms with Crippen molar-refractivity contribution in [1.29, 1.82) is 0 Å². The molecular weight excluding hydrogens is 278 g/mol. The van der Waals surface area contributed by atoms with Crippen LogP contribution in [-0.4, -0.2) is 31.5 Å². The van der Waals surface area contributed by atoms with Gasteiger partial charge in [0.15, 0.2) is 0 Å². The Morgan fingerprint density at radius 1 is 1.59 bits per heavy atom. The molecule has 1 saturated heterocycles. The minimum Gasteiger partial charge on any atom is -0.449 e. The van der Waals surface area contributed by atoms with Gasteiger partial charge in [0.05, 0.1) is 12.7 Å². The predicted molar refractivity (Wildman–Crippen MR) is 87.6 cm³/mol. The number of ether oxygens (including phenoxy) is 2. The first-order valence-electron chi connectivity index (χ1n) is 8.17. The molecule has 0 aromatic carbocycles. The van der Waals surface area contributed by atoms with Gasteiger partial charge in [-0.3, -0.25) is 0 Å². The van der Waals surface area contributed by atoms with Gasteiger partial charge in [0.2, 0.25) is 0 Å². The van der Waals surface area contributed by atoms with Crippen LogP contribution in [0.3, 0.4) is 0 Å². The van der Waals surface area contributed by atoms with Crippen molar-refractivity contribution in [2.45, 2.75) is 46.8 Å². The molecule has 4 nitrogen and oxygen atoms in total. The molecule has 0 spiro atoms. The molecule has 0 aromatic heterocycles. The molecule has 4 heteroatoms. The number of allylic oxidation sites excluding steroid dienone is 1. The van der Waals surface area contributed by atoms with E-state index in [-0.39, 0.29) is 23.7 Å². The Labute approximate surface area is 133 Å². The first-order valence-corrected chi connectivity index (χ1v) is 8.17. The van der Waals surface area contributed by atoms with E-state index in [9.17, 15) is 4.79 Å². The highest BCUT2D eigenvalue weighted by atomic mass is 16.6. The topological polar surface area (TPSA) is 47.6 Å². The van der Waals surface area contributed by atoms with Gasteiger partial charge in [0.25, 0.3) is 0 Å². The molecule has 0 radical (unpaired) electrons. The fourth-order valence-corrected chi connectivity index (χ4v) is 4.00. The van der Waals surface area contributed by atoms with E-state index in [4.69, 9.17) is 9.47 Å². The van der Waals surface area contributed by atoms with Crippen LogP contribution in [0.15, 0.2) is 24.3 Å². The molecule has 1 heterocycles. The van der Waals surface area contributed by atoms with Crippen molar-refractivity contribution in [3.63, 3.8) is 0 Å². The first kappa shape index (κ1) is 17.1. The van der Waals surface area contributed by atoms with Crippen molar-refractivity contribution in [2.75, 3.05) is 13.2 Å². The molecule has 1 aliphatic heterocycles. The SMILES string of the molecule is C=C[C@@H]1OC[C@@]2(COC(=O)NC(C)C)[C@H](C)C=C(C)[C@H]1[C@H]2C. The van der Waals surface area contributed by atoms with E-state index in [2.05, 4.69) is 38.7 Å². The third-order valence-electron chi connectivity index (χ3n) is 5.40. The lowest BCUT2D eigenvalue weighted by atomic mass is 9.56. The Hall–Kier alpha value is -1.29. The average Bonchev–Trinajstić information content (AvgIpc) is 2.43. The van der Waals surface area contributed by atoms with Crippen molar-refractivity contribution in [2.24, 2.45) is 23.2 Å². The van der Waals surface area contributed by atoms with E-state index in [0.29, 0.717) is 31.0 Å². The van der Waals surface area contributed by atoms with Crippen LogP contribution in [0.4, 0.5) is 4.79 Å². The molecule has 5 atom stereocenters. The number of amides is 1. The zero-order valence-electron chi connectivity index (χ0n) is 14.4. The van der Waals surface area contributed by atoms with Crippen molar-refractivity contribution >= 4 is 6.09 Å². The quantitative estimate of drug-likeness (QED) is 0.808. The summed E-state index contributed by atoms with van der Waals surface area (Å²) in [6.07, 6.45) is 3.91. The van der Waals surface area contributed by atoms with Gasteiger partial charge in [-0.1, -0.05) is 31.6 Å². The second-order valence-electron chi connectivity index (χ2n) is 7.13. The zero-order valence-corrected chi connectivity index (χ0v) is 14.4.